The molecule has 0 aromatic heterocycles. The molecule has 0 aliphatic heterocycles. The topological polar surface area (TPSA) is 76.0 Å². The lowest BCUT2D eigenvalue weighted by molar-refractivity contribution is 0.373. The third-order valence-corrected chi connectivity index (χ3v) is 4.16. The number of rotatable bonds is 4. The Labute approximate surface area is 127 Å². The number of hydrogen-bond acceptors (Lipinski definition) is 4. The van der Waals surface area contributed by atoms with Gasteiger partial charge in [0, 0.05) is 11.2 Å². The summed E-state index contributed by atoms with van der Waals surface area (Å²) in [6.07, 6.45) is 1.19. The molecule has 0 saturated heterocycles. The van der Waals surface area contributed by atoms with E-state index in [1.807, 2.05) is 0 Å². The second kappa shape index (κ2) is 6.15. The number of halogens is 1. The minimum absolute atomic E-state index is 0.0322. The van der Waals surface area contributed by atoms with Gasteiger partial charge in [-0.15, -0.1) is 0 Å². The number of phenolic OH excluding ortho intramolecular Hbond substituents is 1. The fraction of sp³-hybridized carbons (Fsp3) is 0.0714. The second-order valence-electron chi connectivity index (χ2n) is 4.09. The lowest BCUT2D eigenvalue weighted by Gasteiger charge is -2.03. The summed E-state index contributed by atoms with van der Waals surface area (Å²) in [6, 6.07) is 10.1. The normalized spacial score (nSPS) is 11.7. The van der Waals surface area contributed by atoms with Crippen LogP contribution in [0, 0.1) is 0 Å². The van der Waals surface area contributed by atoms with E-state index in [1.54, 1.807) is 0 Å². The summed E-state index contributed by atoms with van der Waals surface area (Å²) in [6.45, 7) is 0. The molecule has 0 unspecified atom stereocenters. The van der Waals surface area contributed by atoms with Gasteiger partial charge in [0.2, 0.25) is 0 Å². The summed E-state index contributed by atoms with van der Waals surface area (Å²) in [5.74, 6) is 0.207. The van der Waals surface area contributed by atoms with Gasteiger partial charge in [-0.05, 0) is 48.0 Å². The molecule has 0 atom stereocenters. The maximum atomic E-state index is 12.0. The lowest BCUT2D eigenvalue weighted by Crippen LogP contribution is -1.97. The molecule has 0 amide bonds. The largest absolute Gasteiger partial charge is 0.504 e. The Hall–Kier alpha value is -2.05. The molecule has 0 saturated carbocycles. The highest BCUT2D eigenvalue weighted by molar-refractivity contribution is 7.90. The van der Waals surface area contributed by atoms with Crippen molar-refractivity contribution in [3.63, 3.8) is 0 Å². The van der Waals surface area contributed by atoms with Gasteiger partial charge in [-0.1, -0.05) is 11.6 Å². The highest BCUT2D eigenvalue weighted by Gasteiger charge is 2.11. The Morgan fingerprint density at radius 3 is 2.48 bits per heavy atom. The molecular weight excluding hydrogens is 314 g/mol. The van der Waals surface area contributed by atoms with E-state index in [0.29, 0.717) is 10.6 Å². The van der Waals surface area contributed by atoms with Gasteiger partial charge in [0.25, 0.3) is 10.0 Å². The van der Waals surface area contributed by atoms with Crippen LogP contribution < -0.4 is 4.74 Å². The third-order valence-electron chi connectivity index (χ3n) is 2.66. The van der Waals surface area contributed by atoms with E-state index >= 15 is 0 Å². The summed E-state index contributed by atoms with van der Waals surface area (Å²) in [5, 5.41) is 9.91. The van der Waals surface area contributed by atoms with Crippen molar-refractivity contribution in [2.75, 3.05) is 7.11 Å². The Bertz CT molecular complexity index is 770. The monoisotopic (exact) mass is 325 g/mol. The van der Waals surface area contributed by atoms with Crippen LogP contribution in [0.15, 0.2) is 51.8 Å². The lowest BCUT2D eigenvalue weighted by atomic mass is 10.2. The van der Waals surface area contributed by atoms with Gasteiger partial charge in [0.1, 0.15) is 0 Å². The Morgan fingerprint density at radius 1 is 1.19 bits per heavy atom. The summed E-state index contributed by atoms with van der Waals surface area (Å²) < 4.78 is 32.6. The van der Waals surface area contributed by atoms with E-state index in [-0.39, 0.29) is 16.4 Å². The van der Waals surface area contributed by atoms with Crippen molar-refractivity contribution in [2.45, 2.75) is 4.90 Å². The van der Waals surface area contributed by atoms with E-state index in [0.717, 1.165) is 0 Å². The number of phenols is 1. The molecule has 2 rings (SSSR count). The maximum Gasteiger partial charge on any atom is 0.282 e. The van der Waals surface area contributed by atoms with Gasteiger partial charge in [0.15, 0.2) is 11.5 Å². The molecule has 0 heterocycles. The summed E-state index contributed by atoms with van der Waals surface area (Å²) in [7, 11) is -2.39. The van der Waals surface area contributed by atoms with Gasteiger partial charge in [0.05, 0.1) is 12.0 Å². The molecule has 1 N–H and O–H groups in total. The standard InChI is InChI=1S/C14H12ClNO4S/c1-20-14-8-10(2-7-13(14)17)9-16-21(18,19)12-5-3-11(15)4-6-12/h2-9,17H,1H3. The molecule has 0 spiro atoms. The molecular formula is C14H12ClNO4S. The van der Waals surface area contributed by atoms with E-state index in [1.165, 1.54) is 55.8 Å². The highest BCUT2D eigenvalue weighted by atomic mass is 35.5. The molecule has 0 aliphatic rings. The molecule has 0 bridgehead atoms. The van der Waals surface area contributed by atoms with Gasteiger partial charge in [-0.3, -0.25) is 0 Å². The highest BCUT2D eigenvalue weighted by Crippen LogP contribution is 2.25. The van der Waals surface area contributed by atoms with Gasteiger partial charge in [-0.2, -0.15) is 12.8 Å². The number of ether oxygens (including phenoxy) is 1. The first-order valence-corrected chi connectivity index (χ1v) is 7.67. The van der Waals surface area contributed by atoms with E-state index < -0.39 is 10.0 Å². The van der Waals surface area contributed by atoms with Crippen molar-refractivity contribution in [1.29, 1.82) is 0 Å². The fourth-order valence-corrected chi connectivity index (χ4v) is 2.56. The quantitative estimate of drug-likeness (QED) is 0.877. The second-order valence-corrected chi connectivity index (χ2v) is 6.16. The van der Waals surface area contributed by atoms with Crippen LogP contribution in [0.25, 0.3) is 0 Å². The van der Waals surface area contributed by atoms with Gasteiger partial charge >= 0.3 is 0 Å². The van der Waals surface area contributed by atoms with Crippen molar-refractivity contribution in [1.82, 2.24) is 0 Å². The first-order valence-electron chi connectivity index (χ1n) is 5.85. The van der Waals surface area contributed by atoms with Crippen molar-refractivity contribution in [2.24, 2.45) is 4.40 Å². The Balaban J connectivity index is 2.29. The Morgan fingerprint density at radius 2 is 1.86 bits per heavy atom. The van der Waals surface area contributed by atoms with Gasteiger partial charge < -0.3 is 9.84 Å². The molecule has 5 nitrogen and oxygen atoms in total. The first kappa shape index (κ1) is 15.3. The van der Waals surface area contributed by atoms with Crippen LogP contribution in [0.3, 0.4) is 0 Å². The number of hydrogen-bond donors (Lipinski definition) is 1. The zero-order valence-corrected chi connectivity index (χ0v) is 12.6. The first-order chi connectivity index (χ1) is 9.92. The van der Waals surface area contributed by atoms with Crippen LogP contribution in [0.4, 0.5) is 0 Å². The smallest absolute Gasteiger partial charge is 0.282 e. The summed E-state index contributed by atoms with van der Waals surface area (Å²) >= 11 is 5.71. The number of aromatic hydroxyl groups is 1. The predicted molar refractivity (Wildman–Crippen MR) is 80.9 cm³/mol. The Kier molecular flexibility index (Phi) is 4.50. The van der Waals surface area contributed by atoms with Crippen LogP contribution in [-0.4, -0.2) is 26.8 Å². The average Bonchev–Trinajstić information content (AvgIpc) is 2.47. The summed E-state index contributed by atoms with van der Waals surface area (Å²) in [5.41, 5.74) is 0.488. The number of methoxy groups -OCH3 is 1. The van der Waals surface area contributed by atoms with Gasteiger partial charge in [-0.25, -0.2) is 0 Å². The number of benzene rings is 2. The molecule has 0 aliphatic carbocycles. The van der Waals surface area contributed by atoms with E-state index in [4.69, 9.17) is 16.3 Å². The molecule has 110 valence electrons. The van der Waals surface area contributed by atoms with Crippen LogP contribution in [0.1, 0.15) is 5.56 Å². The fourth-order valence-electron chi connectivity index (χ4n) is 1.57. The minimum atomic E-state index is -3.80. The predicted octanol–water partition coefficient (Wildman–Crippen LogP) is 2.86. The molecule has 2 aromatic carbocycles. The van der Waals surface area contributed by atoms with E-state index in [9.17, 15) is 13.5 Å². The zero-order valence-electron chi connectivity index (χ0n) is 11.0. The molecule has 2 aromatic rings. The minimum Gasteiger partial charge on any atom is -0.504 e. The SMILES string of the molecule is COc1cc(C=NS(=O)(=O)c2ccc(Cl)cc2)ccc1O. The van der Waals surface area contributed by atoms with Crippen LogP contribution in [0.2, 0.25) is 5.02 Å². The average molecular weight is 326 g/mol. The van der Waals surface area contributed by atoms with Crippen LogP contribution in [-0.2, 0) is 10.0 Å². The van der Waals surface area contributed by atoms with Crippen molar-refractivity contribution in [3.8, 4) is 11.5 Å². The third kappa shape index (κ3) is 3.74. The number of nitrogens with zero attached hydrogens (tertiary/aromatic N) is 1. The molecule has 7 heteroatoms. The number of sulfonamides is 1. The maximum absolute atomic E-state index is 12.0. The van der Waals surface area contributed by atoms with E-state index in [2.05, 4.69) is 4.40 Å². The van der Waals surface area contributed by atoms with Crippen LogP contribution in [0.5, 0.6) is 11.5 Å². The zero-order chi connectivity index (χ0) is 15.5. The van der Waals surface area contributed by atoms with Crippen molar-refractivity contribution < 1.29 is 18.3 Å². The van der Waals surface area contributed by atoms with Crippen molar-refractivity contribution in [3.05, 3.63) is 53.1 Å². The molecule has 0 radical (unpaired) electrons. The summed E-state index contributed by atoms with van der Waals surface area (Å²) in [4.78, 5) is 0.0499. The van der Waals surface area contributed by atoms with Crippen LogP contribution >= 0.6 is 11.6 Å². The molecule has 21 heavy (non-hydrogen) atoms. The molecule has 0 fully saturated rings. The van der Waals surface area contributed by atoms with Crippen molar-refractivity contribution >= 4 is 27.8 Å².